The Morgan fingerprint density at radius 1 is 1.35 bits per heavy atom. The van der Waals surface area contributed by atoms with Crippen molar-refractivity contribution in [3.63, 3.8) is 0 Å². The summed E-state index contributed by atoms with van der Waals surface area (Å²) in [5.74, 6) is 0.0627. The number of fused-ring (bicyclic) bond motifs is 1. The van der Waals surface area contributed by atoms with Gasteiger partial charge < -0.3 is 15.2 Å². The highest BCUT2D eigenvalue weighted by Crippen LogP contribution is 2.16. The van der Waals surface area contributed by atoms with Crippen LogP contribution in [0.15, 0.2) is 30.3 Å². The molecule has 2 heterocycles. The van der Waals surface area contributed by atoms with Crippen molar-refractivity contribution in [3.8, 4) is 0 Å². The van der Waals surface area contributed by atoms with Gasteiger partial charge in [0.1, 0.15) is 5.69 Å². The third kappa shape index (κ3) is 1.70. The lowest BCUT2D eigenvalue weighted by Gasteiger charge is -2.35. The summed E-state index contributed by atoms with van der Waals surface area (Å²) in [5, 5.41) is 4.25. The molecule has 2 N–H and O–H groups in total. The van der Waals surface area contributed by atoms with E-state index >= 15 is 0 Å². The number of hydrogen-bond acceptors (Lipinski definition) is 2. The number of para-hydroxylation sites is 1. The van der Waals surface area contributed by atoms with E-state index in [1.54, 1.807) is 4.90 Å². The van der Waals surface area contributed by atoms with Crippen LogP contribution < -0.4 is 5.32 Å². The Morgan fingerprint density at radius 2 is 2.12 bits per heavy atom. The van der Waals surface area contributed by atoms with Gasteiger partial charge in [0.25, 0.3) is 5.91 Å². The third-order valence-electron chi connectivity index (χ3n) is 3.39. The van der Waals surface area contributed by atoms with Gasteiger partial charge in [-0.15, -0.1) is 0 Å². The van der Waals surface area contributed by atoms with Crippen molar-refractivity contribution in [2.45, 2.75) is 6.04 Å². The molecular weight excluding hydrogens is 214 g/mol. The van der Waals surface area contributed by atoms with E-state index in [1.165, 1.54) is 0 Å². The minimum absolute atomic E-state index is 0.0627. The van der Waals surface area contributed by atoms with Gasteiger partial charge in [-0.05, 0) is 12.1 Å². The topological polar surface area (TPSA) is 48.1 Å². The molecule has 0 radical (unpaired) electrons. The first-order chi connectivity index (χ1) is 8.25. The number of likely N-dealkylation sites (N-methyl/N-ethyl adjacent to an activating group) is 1. The van der Waals surface area contributed by atoms with Gasteiger partial charge >= 0.3 is 0 Å². The average molecular weight is 229 g/mol. The van der Waals surface area contributed by atoms with Crippen LogP contribution in [0, 0.1) is 0 Å². The largest absolute Gasteiger partial charge is 0.351 e. The van der Waals surface area contributed by atoms with Crippen LogP contribution in [0.2, 0.25) is 0 Å². The third-order valence-corrected chi connectivity index (χ3v) is 3.39. The van der Waals surface area contributed by atoms with Crippen molar-refractivity contribution in [2.24, 2.45) is 0 Å². The second-order valence-corrected chi connectivity index (χ2v) is 4.50. The molecule has 1 saturated heterocycles. The minimum Gasteiger partial charge on any atom is -0.351 e. The summed E-state index contributed by atoms with van der Waals surface area (Å²) in [4.78, 5) is 17.2. The summed E-state index contributed by atoms with van der Waals surface area (Å²) < 4.78 is 0. The maximum absolute atomic E-state index is 12.2. The first kappa shape index (κ1) is 10.4. The van der Waals surface area contributed by atoms with E-state index < -0.39 is 0 Å². The highest BCUT2D eigenvalue weighted by molar-refractivity contribution is 5.98. The van der Waals surface area contributed by atoms with Crippen molar-refractivity contribution < 1.29 is 4.79 Å². The standard InChI is InChI=1S/C13H15N3O/c1-16(10-7-14-8-10)13(17)12-6-9-4-2-3-5-11(9)15-12/h2-6,10,14-15H,7-8H2,1H3. The zero-order chi connectivity index (χ0) is 11.8. The van der Waals surface area contributed by atoms with Gasteiger partial charge in [0, 0.05) is 31.0 Å². The van der Waals surface area contributed by atoms with Gasteiger partial charge in [0.2, 0.25) is 0 Å². The smallest absolute Gasteiger partial charge is 0.270 e. The van der Waals surface area contributed by atoms with Crippen LogP contribution in [0.3, 0.4) is 0 Å². The van der Waals surface area contributed by atoms with Gasteiger partial charge in [0.05, 0.1) is 6.04 Å². The van der Waals surface area contributed by atoms with Crippen molar-refractivity contribution in [1.29, 1.82) is 0 Å². The van der Waals surface area contributed by atoms with Crippen LogP contribution in [-0.2, 0) is 0 Å². The van der Waals surface area contributed by atoms with E-state index in [-0.39, 0.29) is 5.91 Å². The van der Waals surface area contributed by atoms with Crippen molar-refractivity contribution >= 4 is 16.8 Å². The van der Waals surface area contributed by atoms with Gasteiger partial charge in [-0.2, -0.15) is 0 Å². The SMILES string of the molecule is CN(C(=O)c1cc2ccccc2[nH]1)C1CNC1. The first-order valence-electron chi connectivity index (χ1n) is 5.81. The fourth-order valence-corrected chi connectivity index (χ4v) is 2.09. The number of rotatable bonds is 2. The molecular formula is C13H15N3O. The predicted octanol–water partition coefficient (Wildman–Crippen LogP) is 1.21. The van der Waals surface area contributed by atoms with E-state index in [9.17, 15) is 4.79 Å². The predicted molar refractivity (Wildman–Crippen MR) is 67.0 cm³/mol. The van der Waals surface area contributed by atoms with Crippen LogP contribution in [0.4, 0.5) is 0 Å². The Labute approximate surface area is 99.6 Å². The molecule has 1 fully saturated rings. The second-order valence-electron chi connectivity index (χ2n) is 4.50. The number of amides is 1. The summed E-state index contributed by atoms with van der Waals surface area (Å²) >= 11 is 0. The van der Waals surface area contributed by atoms with E-state index in [0.29, 0.717) is 11.7 Å². The molecule has 0 saturated carbocycles. The van der Waals surface area contributed by atoms with E-state index in [4.69, 9.17) is 0 Å². The molecule has 1 aliphatic rings. The molecule has 1 aromatic carbocycles. The van der Waals surface area contributed by atoms with Crippen LogP contribution in [0.25, 0.3) is 10.9 Å². The number of aromatic nitrogens is 1. The maximum Gasteiger partial charge on any atom is 0.270 e. The molecule has 4 heteroatoms. The molecule has 0 unspecified atom stereocenters. The van der Waals surface area contributed by atoms with Crippen LogP contribution in [-0.4, -0.2) is 42.0 Å². The average Bonchev–Trinajstić information content (AvgIpc) is 2.68. The Balaban J connectivity index is 1.89. The zero-order valence-corrected chi connectivity index (χ0v) is 9.73. The monoisotopic (exact) mass is 229 g/mol. The molecule has 1 amide bonds. The maximum atomic E-state index is 12.2. The summed E-state index contributed by atoms with van der Waals surface area (Å²) in [6.45, 7) is 1.78. The fraction of sp³-hybridized carbons (Fsp3) is 0.308. The Morgan fingerprint density at radius 3 is 2.76 bits per heavy atom. The molecule has 1 aliphatic heterocycles. The summed E-state index contributed by atoms with van der Waals surface area (Å²) in [7, 11) is 1.86. The van der Waals surface area contributed by atoms with Gasteiger partial charge in [-0.3, -0.25) is 4.79 Å². The molecule has 2 aromatic rings. The summed E-state index contributed by atoms with van der Waals surface area (Å²) in [6, 6.07) is 10.2. The molecule has 0 aliphatic carbocycles. The summed E-state index contributed by atoms with van der Waals surface area (Å²) in [6.07, 6.45) is 0. The Hall–Kier alpha value is -1.81. The number of nitrogens with zero attached hydrogens (tertiary/aromatic N) is 1. The highest BCUT2D eigenvalue weighted by atomic mass is 16.2. The van der Waals surface area contributed by atoms with Gasteiger partial charge in [-0.1, -0.05) is 18.2 Å². The number of H-pyrrole nitrogens is 1. The molecule has 0 spiro atoms. The minimum atomic E-state index is 0.0627. The zero-order valence-electron chi connectivity index (χ0n) is 9.73. The number of carbonyl (C=O) groups excluding carboxylic acids is 1. The lowest BCUT2D eigenvalue weighted by atomic mass is 10.1. The van der Waals surface area contributed by atoms with Crippen LogP contribution >= 0.6 is 0 Å². The number of nitrogens with one attached hydrogen (secondary N) is 2. The highest BCUT2D eigenvalue weighted by Gasteiger charge is 2.26. The van der Waals surface area contributed by atoms with Crippen LogP contribution in [0.5, 0.6) is 0 Å². The van der Waals surface area contributed by atoms with Crippen molar-refractivity contribution in [2.75, 3.05) is 20.1 Å². The number of benzene rings is 1. The van der Waals surface area contributed by atoms with E-state index in [1.807, 2.05) is 37.4 Å². The van der Waals surface area contributed by atoms with Crippen LogP contribution in [0.1, 0.15) is 10.5 Å². The molecule has 88 valence electrons. The number of aromatic amines is 1. The van der Waals surface area contributed by atoms with Crippen molar-refractivity contribution in [3.05, 3.63) is 36.0 Å². The van der Waals surface area contributed by atoms with E-state index in [0.717, 1.165) is 24.0 Å². The summed E-state index contributed by atoms with van der Waals surface area (Å²) in [5.41, 5.74) is 1.68. The Kier molecular flexibility index (Phi) is 2.37. The fourth-order valence-electron chi connectivity index (χ4n) is 2.09. The van der Waals surface area contributed by atoms with Gasteiger partial charge in [-0.25, -0.2) is 0 Å². The normalized spacial score (nSPS) is 15.8. The Bertz CT molecular complexity index is 524. The second kappa shape index (κ2) is 3.89. The molecule has 3 rings (SSSR count). The number of hydrogen-bond donors (Lipinski definition) is 2. The van der Waals surface area contributed by atoms with E-state index in [2.05, 4.69) is 10.3 Å². The molecule has 1 aromatic heterocycles. The quantitative estimate of drug-likeness (QED) is 0.813. The first-order valence-corrected chi connectivity index (χ1v) is 5.81. The molecule has 0 bridgehead atoms. The molecule has 0 atom stereocenters. The van der Waals surface area contributed by atoms with Gasteiger partial charge in [0.15, 0.2) is 0 Å². The molecule has 17 heavy (non-hydrogen) atoms. The lowest BCUT2D eigenvalue weighted by Crippen LogP contribution is -2.57. The molecule has 4 nitrogen and oxygen atoms in total. The van der Waals surface area contributed by atoms with Crippen molar-refractivity contribution in [1.82, 2.24) is 15.2 Å². The lowest BCUT2D eigenvalue weighted by molar-refractivity contribution is 0.0676. The number of carbonyl (C=O) groups is 1.